The number of amides is 1. The smallest absolute Gasteiger partial charge is 0.223 e. The van der Waals surface area contributed by atoms with Gasteiger partial charge in [0.1, 0.15) is 5.82 Å². The van der Waals surface area contributed by atoms with Crippen molar-refractivity contribution in [2.75, 3.05) is 26.8 Å². The van der Waals surface area contributed by atoms with E-state index in [1.165, 1.54) is 0 Å². The van der Waals surface area contributed by atoms with Crippen LogP contribution in [-0.2, 0) is 17.8 Å². The van der Waals surface area contributed by atoms with E-state index >= 15 is 0 Å². The fraction of sp³-hybridized carbons (Fsp3) is 0.357. The number of unbranched alkanes of at least 4 members (excludes halogenated alkanes) is 1. The third kappa shape index (κ3) is 5.16. The number of allylic oxidation sites excluding steroid dienone is 1. The summed E-state index contributed by atoms with van der Waals surface area (Å²) in [4.78, 5) is 19.2. The minimum Gasteiger partial charge on any atom is -0.493 e. The van der Waals surface area contributed by atoms with Crippen LogP contribution in [0, 0.1) is 0 Å². The van der Waals surface area contributed by atoms with Gasteiger partial charge in [-0.15, -0.1) is 13.2 Å². The van der Waals surface area contributed by atoms with Crippen LogP contribution in [0.3, 0.4) is 0 Å². The molecule has 0 spiro atoms. The van der Waals surface area contributed by atoms with Gasteiger partial charge < -0.3 is 18.9 Å². The Morgan fingerprint density at radius 2 is 1.97 bits per heavy atom. The van der Waals surface area contributed by atoms with Crippen LogP contribution >= 0.6 is 0 Å². The first-order valence-electron chi connectivity index (χ1n) is 11.9. The number of imidazole rings is 1. The Labute approximate surface area is 201 Å². The normalized spacial score (nSPS) is 15.6. The van der Waals surface area contributed by atoms with Gasteiger partial charge >= 0.3 is 0 Å². The zero-order valence-corrected chi connectivity index (χ0v) is 19.9. The molecule has 0 saturated carbocycles. The Hall–Kier alpha value is -3.54. The molecule has 2 heterocycles. The van der Waals surface area contributed by atoms with Crippen LogP contribution in [-0.4, -0.2) is 47.2 Å². The molecule has 1 aliphatic heterocycles. The fourth-order valence-corrected chi connectivity index (χ4v) is 4.60. The molecule has 2 aromatic carbocycles. The molecular formula is C28H33N3O3. The van der Waals surface area contributed by atoms with Crippen molar-refractivity contribution in [3.05, 3.63) is 79.2 Å². The summed E-state index contributed by atoms with van der Waals surface area (Å²) < 4.78 is 13.8. The molecule has 1 aromatic heterocycles. The maximum absolute atomic E-state index is 12.4. The van der Waals surface area contributed by atoms with Crippen LogP contribution < -0.4 is 9.47 Å². The van der Waals surface area contributed by atoms with Gasteiger partial charge in [-0.05, 0) is 49.1 Å². The molecule has 1 atom stereocenters. The zero-order valence-electron chi connectivity index (χ0n) is 19.9. The molecule has 0 aliphatic carbocycles. The molecule has 4 rings (SSSR count). The van der Waals surface area contributed by atoms with Gasteiger partial charge in [0.15, 0.2) is 11.5 Å². The lowest BCUT2D eigenvalue weighted by Gasteiger charge is -2.16. The van der Waals surface area contributed by atoms with Gasteiger partial charge in [0.05, 0.1) is 24.8 Å². The van der Waals surface area contributed by atoms with Gasteiger partial charge in [0, 0.05) is 32.0 Å². The number of nitrogens with zero attached hydrogens (tertiary/aromatic N) is 3. The van der Waals surface area contributed by atoms with Gasteiger partial charge in [-0.25, -0.2) is 4.98 Å². The first-order chi connectivity index (χ1) is 16.6. The maximum atomic E-state index is 12.4. The van der Waals surface area contributed by atoms with E-state index in [1.807, 2.05) is 47.4 Å². The van der Waals surface area contributed by atoms with Gasteiger partial charge in [-0.2, -0.15) is 0 Å². The highest BCUT2D eigenvalue weighted by Crippen LogP contribution is 2.31. The molecule has 1 aliphatic rings. The summed E-state index contributed by atoms with van der Waals surface area (Å²) in [6.07, 6.45) is 6.81. The van der Waals surface area contributed by atoms with Crippen molar-refractivity contribution in [1.82, 2.24) is 14.5 Å². The van der Waals surface area contributed by atoms with Crippen LogP contribution in [0.15, 0.2) is 67.8 Å². The number of rotatable bonds is 12. The van der Waals surface area contributed by atoms with Crippen LogP contribution in [0.25, 0.3) is 11.0 Å². The predicted octanol–water partition coefficient (Wildman–Crippen LogP) is 5.13. The van der Waals surface area contributed by atoms with Crippen LogP contribution in [0.2, 0.25) is 0 Å². The van der Waals surface area contributed by atoms with Gasteiger partial charge in [-0.1, -0.05) is 30.4 Å². The number of likely N-dealkylation sites (tertiary alicyclic amines) is 1. The minimum atomic E-state index is 0.106. The number of hydrogen-bond donors (Lipinski definition) is 0. The largest absolute Gasteiger partial charge is 0.493 e. The van der Waals surface area contributed by atoms with E-state index in [0.717, 1.165) is 59.7 Å². The number of ether oxygens (including phenoxy) is 2. The van der Waals surface area contributed by atoms with Crippen molar-refractivity contribution in [2.45, 2.75) is 38.1 Å². The first kappa shape index (κ1) is 23.6. The number of aryl methyl sites for hydroxylation is 1. The van der Waals surface area contributed by atoms with Crippen molar-refractivity contribution in [3.8, 4) is 11.5 Å². The molecule has 0 radical (unpaired) electrons. The van der Waals surface area contributed by atoms with Crippen molar-refractivity contribution in [1.29, 1.82) is 0 Å². The van der Waals surface area contributed by atoms with E-state index in [2.05, 4.69) is 23.8 Å². The molecule has 34 heavy (non-hydrogen) atoms. The molecule has 3 aromatic rings. The number of methoxy groups -OCH3 is 1. The molecule has 0 bridgehead atoms. The van der Waals surface area contributed by atoms with E-state index < -0.39 is 0 Å². The summed E-state index contributed by atoms with van der Waals surface area (Å²) >= 11 is 0. The summed E-state index contributed by atoms with van der Waals surface area (Å²) in [6, 6.07) is 14.2. The number of carbonyl (C=O) groups is 1. The second-order valence-electron chi connectivity index (χ2n) is 8.63. The summed E-state index contributed by atoms with van der Waals surface area (Å²) in [6.45, 7) is 10.3. The Kier molecular flexibility index (Phi) is 7.68. The second kappa shape index (κ2) is 11.1. The molecule has 6 heteroatoms. The number of hydrogen-bond acceptors (Lipinski definition) is 4. The third-order valence-corrected chi connectivity index (χ3v) is 6.25. The second-order valence-corrected chi connectivity index (χ2v) is 8.63. The highest BCUT2D eigenvalue weighted by atomic mass is 16.5. The van der Waals surface area contributed by atoms with E-state index in [0.29, 0.717) is 26.1 Å². The van der Waals surface area contributed by atoms with Crippen molar-refractivity contribution < 1.29 is 14.3 Å². The summed E-state index contributed by atoms with van der Waals surface area (Å²) in [5.41, 5.74) is 3.25. The standard InChI is InChI=1S/C28H33N3O3/c1-4-10-21-13-14-25(26(18-21)33-3)34-17-9-8-16-31-24-12-7-6-11-23(24)29-28(31)22-19-27(32)30(20-22)15-5-2/h4-7,11-14,18,22H,1-2,8-10,15-17,19-20H2,3H3. The highest BCUT2D eigenvalue weighted by Gasteiger charge is 2.33. The molecule has 6 nitrogen and oxygen atoms in total. The van der Waals surface area contributed by atoms with E-state index in [4.69, 9.17) is 14.5 Å². The van der Waals surface area contributed by atoms with Crippen molar-refractivity contribution >= 4 is 16.9 Å². The summed E-state index contributed by atoms with van der Waals surface area (Å²) in [5.74, 6) is 2.79. The minimum absolute atomic E-state index is 0.106. The zero-order chi connectivity index (χ0) is 23.9. The monoisotopic (exact) mass is 459 g/mol. The van der Waals surface area contributed by atoms with Crippen molar-refractivity contribution in [3.63, 3.8) is 0 Å². The molecule has 1 unspecified atom stereocenters. The Morgan fingerprint density at radius 1 is 1.12 bits per heavy atom. The molecule has 178 valence electrons. The summed E-state index contributed by atoms with van der Waals surface area (Å²) in [7, 11) is 1.66. The molecular weight excluding hydrogens is 426 g/mol. The highest BCUT2D eigenvalue weighted by molar-refractivity contribution is 5.81. The lowest BCUT2D eigenvalue weighted by Crippen LogP contribution is -2.25. The number of carbonyl (C=O) groups excluding carboxylic acids is 1. The molecule has 0 N–H and O–H groups in total. The predicted molar refractivity (Wildman–Crippen MR) is 135 cm³/mol. The van der Waals surface area contributed by atoms with Crippen LogP contribution in [0.5, 0.6) is 11.5 Å². The number of para-hydroxylation sites is 2. The summed E-state index contributed by atoms with van der Waals surface area (Å²) in [5, 5.41) is 0. The Morgan fingerprint density at radius 3 is 2.76 bits per heavy atom. The Balaban J connectivity index is 1.40. The topological polar surface area (TPSA) is 56.6 Å². The van der Waals surface area contributed by atoms with Crippen LogP contribution in [0.1, 0.15) is 36.6 Å². The lowest BCUT2D eigenvalue weighted by atomic mass is 10.1. The maximum Gasteiger partial charge on any atom is 0.223 e. The third-order valence-electron chi connectivity index (χ3n) is 6.25. The Bertz CT molecular complexity index is 1170. The van der Waals surface area contributed by atoms with Crippen LogP contribution in [0.4, 0.5) is 0 Å². The number of fused-ring (bicyclic) bond motifs is 1. The van der Waals surface area contributed by atoms with Crippen molar-refractivity contribution in [2.24, 2.45) is 0 Å². The average Bonchev–Trinajstić information content (AvgIpc) is 3.40. The first-order valence-corrected chi connectivity index (χ1v) is 11.9. The van der Waals surface area contributed by atoms with E-state index in [1.54, 1.807) is 13.2 Å². The van der Waals surface area contributed by atoms with Gasteiger partial charge in [0.25, 0.3) is 0 Å². The SMILES string of the molecule is C=CCc1ccc(OCCCCn2c(C3CC(=O)N(CC=C)C3)nc3ccccc32)c(OC)c1. The molecule has 1 amide bonds. The number of aromatic nitrogens is 2. The lowest BCUT2D eigenvalue weighted by molar-refractivity contribution is -0.127. The quantitative estimate of drug-likeness (QED) is 0.278. The van der Waals surface area contributed by atoms with E-state index in [-0.39, 0.29) is 11.8 Å². The molecule has 1 fully saturated rings. The number of benzene rings is 2. The van der Waals surface area contributed by atoms with Gasteiger partial charge in [-0.3, -0.25) is 4.79 Å². The van der Waals surface area contributed by atoms with Gasteiger partial charge in [0.2, 0.25) is 5.91 Å². The van der Waals surface area contributed by atoms with E-state index in [9.17, 15) is 4.79 Å². The molecule has 1 saturated heterocycles. The average molecular weight is 460 g/mol. The fourth-order valence-electron chi connectivity index (χ4n) is 4.60.